The Morgan fingerprint density at radius 2 is 1.67 bits per heavy atom. The Morgan fingerprint density at radius 1 is 1.11 bits per heavy atom. The van der Waals surface area contributed by atoms with Gasteiger partial charge in [0.2, 0.25) is 5.91 Å². The maximum Gasteiger partial charge on any atom is 0.240 e. The fraction of sp³-hybridized carbons (Fsp3) is 0.933. The molecule has 2 aliphatic rings. The molecule has 3 heteroatoms. The Kier molecular flexibility index (Phi) is 4.66. The summed E-state index contributed by atoms with van der Waals surface area (Å²) < 4.78 is 0. The lowest BCUT2D eigenvalue weighted by Crippen LogP contribution is -2.57. The van der Waals surface area contributed by atoms with Crippen LogP contribution in [0.5, 0.6) is 0 Å². The highest BCUT2D eigenvalue weighted by Gasteiger charge is 2.36. The molecule has 0 bridgehead atoms. The predicted molar refractivity (Wildman–Crippen MR) is 74.2 cm³/mol. The van der Waals surface area contributed by atoms with E-state index in [-0.39, 0.29) is 5.91 Å². The molecule has 0 aliphatic heterocycles. The second-order valence-corrected chi connectivity index (χ2v) is 6.38. The van der Waals surface area contributed by atoms with E-state index in [4.69, 9.17) is 5.73 Å². The highest BCUT2D eigenvalue weighted by molar-refractivity contribution is 5.86. The zero-order valence-electron chi connectivity index (χ0n) is 11.7. The summed E-state index contributed by atoms with van der Waals surface area (Å²) >= 11 is 0. The van der Waals surface area contributed by atoms with E-state index in [0.717, 1.165) is 25.7 Å². The molecule has 0 aromatic carbocycles. The van der Waals surface area contributed by atoms with Crippen molar-refractivity contribution in [1.82, 2.24) is 5.32 Å². The minimum atomic E-state index is -0.582. The van der Waals surface area contributed by atoms with Gasteiger partial charge in [0.15, 0.2) is 0 Å². The van der Waals surface area contributed by atoms with E-state index in [1.807, 2.05) is 0 Å². The number of nitrogens with two attached hydrogens (primary N) is 1. The monoisotopic (exact) mass is 252 g/mol. The number of nitrogens with one attached hydrogen (secondary N) is 1. The standard InChI is InChI=1S/C15H28N2O/c1-12(13-8-4-2-5-9-13)17-14(18)15(16)10-6-3-7-11-15/h12-13H,2-11,16H2,1H3,(H,17,18)/t12-/m1/s1. The first kappa shape index (κ1) is 13.9. The minimum Gasteiger partial charge on any atom is -0.352 e. The summed E-state index contributed by atoms with van der Waals surface area (Å²) in [5.74, 6) is 0.759. The molecule has 2 fully saturated rings. The van der Waals surface area contributed by atoms with Crippen molar-refractivity contribution in [3.8, 4) is 0 Å². The van der Waals surface area contributed by atoms with Gasteiger partial charge in [0, 0.05) is 6.04 Å². The molecule has 104 valence electrons. The van der Waals surface area contributed by atoms with Crippen LogP contribution in [0.15, 0.2) is 0 Å². The Balaban J connectivity index is 1.85. The van der Waals surface area contributed by atoms with Crippen LogP contribution >= 0.6 is 0 Å². The highest BCUT2D eigenvalue weighted by Crippen LogP contribution is 2.29. The smallest absolute Gasteiger partial charge is 0.240 e. The van der Waals surface area contributed by atoms with Crippen LogP contribution in [0.3, 0.4) is 0 Å². The Bertz CT molecular complexity index is 278. The van der Waals surface area contributed by atoms with Crippen LogP contribution in [0.2, 0.25) is 0 Å². The van der Waals surface area contributed by atoms with Crippen molar-refractivity contribution in [3.63, 3.8) is 0 Å². The van der Waals surface area contributed by atoms with E-state index >= 15 is 0 Å². The average molecular weight is 252 g/mol. The van der Waals surface area contributed by atoms with Gasteiger partial charge in [-0.05, 0) is 38.5 Å². The van der Waals surface area contributed by atoms with Crippen LogP contribution in [-0.2, 0) is 4.79 Å². The van der Waals surface area contributed by atoms with Crippen LogP contribution in [0.4, 0.5) is 0 Å². The number of carbonyl (C=O) groups is 1. The first-order valence-electron chi connectivity index (χ1n) is 7.72. The summed E-state index contributed by atoms with van der Waals surface area (Å²) in [6, 6.07) is 0.292. The van der Waals surface area contributed by atoms with Gasteiger partial charge in [-0.25, -0.2) is 0 Å². The van der Waals surface area contributed by atoms with Crippen LogP contribution in [0.1, 0.15) is 71.1 Å². The minimum absolute atomic E-state index is 0.0975. The van der Waals surface area contributed by atoms with Gasteiger partial charge in [0.05, 0.1) is 5.54 Å². The van der Waals surface area contributed by atoms with E-state index in [9.17, 15) is 4.79 Å². The lowest BCUT2D eigenvalue weighted by Gasteiger charge is -2.35. The van der Waals surface area contributed by atoms with Gasteiger partial charge >= 0.3 is 0 Å². The Labute approximate surface area is 111 Å². The number of amides is 1. The van der Waals surface area contributed by atoms with E-state index in [0.29, 0.717) is 12.0 Å². The van der Waals surface area contributed by atoms with Crippen molar-refractivity contribution in [2.75, 3.05) is 0 Å². The quantitative estimate of drug-likeness (QED) is 0.811. The molecule has 1 amide bonds. The number of hydrogen-bond acceptors (Lipinski definition) is 2. The molecule has 18 heavy (non-hydrogen) atoms. The van der Waals surface area contributed by atoms with Gasteiger partial charge in [-0.3, -0.25) is 4.79 Å². The summed E-state index contributed by atoms with van der Waals surface area (Å²) in [5, 5.41) is 3.20. The van der Waals surface area contributed by atoms with E-state index in [1.54, 1.807) is 0 Å². The average Bonchev–Trinajstić information content (AvgIpc) is 2.40. The molecule has 0 saturated heterocycles. The fourth-order valence-corrected chi connectivity index (χ4v) is 3.51. The summed E-state index contributed by atoms with van der Waals surface area (Å²) in [4.78, 5) is 12.3. The summed E-state index contributed by atoms with van der Waals surface area (Å²) in [6.07, 6.45) is 11.7. The van der Waals surface area contributed by atoms with Crippen molar-refractivity contribution >= 4 is 5.91 Å². The molecule has 0 heterocycles. The first-order valence-corrected chi connectivity index (χ1v) is 7.72. The predicted octanol–water partition coefficient (Wildman–Crippen LogP) is 2.73. The molecular weight excluding hydrogens is 224 g/mol. The van der Waals surface area contributed by atoms with Gasteiger partial charge in [-0.15, -0.1) is 0 Å². The first-order chi connectivity index (χ1) is 8.62. The largest absolute Gasteiger partial charge is 0.352 e. The number of rotatable bonds is 3. The molecule has 2 rings (SSSR count). The van der Waals surface area contributed by atoms with Gasteiger partial charge in [-0.2, -0.15) is 0 Å². The van der Waals surface area contributed by atoms with Crippen molar-refractivity contribution in [3.05, 3.63) is 0 Å². The van der Waals surface area contributed by atoms with Gasteiger partial charge in [0.25, 0.3) is 0 Å². The lowest BCUT2D eigenvalue weighted by molar-refractivity contribution is -0.128. The molecule has 2 aliphatic carbocycles. The number of hydrogen-bond donors (Lipinski definition) is 2. The molecule has 2 saturated carbocycles. The van der Waals surface area contributed by atoms with Crippen LogP contribution < -0.4 is 11.1 Å². The summed E-state index contributed by atoms with van der Waals surface area (Å²) in [5.41, 5.74) is 5.69. The molecular formula is C15H28N2O. The van der Waals surface area contributed by atoms with Crippen molar-refractivity contribution in [1.29, 1.82) is 0 Å². The van der Waals surface area contributed by atoms with Crippen LogP contribution in [0.25, 0.3) is 0 Å². The van der Waals surface area contributed by atoms with Gasteiger partial charge in [-0.1, -0.05) is 38.5 Å². The van der Waals surface area contributed by atoms with Crippen LogP contribution in [-0.4, -0.2) is 17.5 Å². The Morgan fingerprint density at radius 3 is 2.28 bits per heavy atom. The second kappa shape index (κ2) is 6.05. The van der Waals surface area contributed by atoms with Crippen LogP contribution in [0, 0.1) is 5.92 Å². The highest BCUT2D eigenvalue weighted by atomic mass is 16.2. The van der Waals surface area contributed by atoms with Gasteiger partial charge in [0.1, 0.15) is 0 Å². The number of carbonyl (C=O) groups excluding carboxylic acids is 1. The maximum absolute atomic E-state index is 12.3. The molecule has 0 aromatic heterocycles. The molecule has 0 radical (unpaired) electrons. The molecule has 1 atom stereocenters. The zero-order valence-corrected chi connectivity index (χ0v) is 11.7. The van der Waals surface area contributed by atoms with Crippen molar-refractivity contribution in [2.24, 2.45) is 11.7 Å². The van der Waals surface area contributed by atoms with E-state index in [2.05, 4.69) is 12.2 Å². The molecule has 3 N–H and O–H groups in total. The second-order valence-electron chi connectivity index (χ2n) is 6.38. The van der Waals surface area contributed by atoms with E-state index in [1.165, 1.54) is 38.5 Å². The Hall–Kier alpha value is -0.570. The lowest BCUT2D eigenvalue weighted by atomic mass is 9.80. The molecule has 3 nitrogen and oxygen atoms in total. The molecule has 0 unspecified atom stereocenters. The van der Waals surface area contributed by atoms with Crippen molar-refractivity contribution < 1.29 is 4.79 Å². The third kappa shape index (κ3) is 3.25. The summed E-state index contributed by atoms with van der Waals surface area (Å²) in [6.45, 7) is 2.15. The normalized spacial score (nSPS) is 26.6. The SMILES string of the molecule is C[C@@H](NC(=O)C1(N)CCCCC1)C1CCCCC1. The van der Waals surface area contributed by atoms with Crippen molar-refractivity contribution in [2.45, 2.75) is 82.7 Å². The fourth-order valence-electron chi connectivity index (χ4n) is 3.51. The van der Waals surface area contributed by atoms with E-state index < -0.39 is 5.54 Å². The topological polar surface area (TPSA) is 55.1 Å². The van der Waals surface area contributed by atoms with Gasteiger partial charge < -0.3 is 11.1 Å². The third-order valence-electron chi connectivity index (χ3n) is 4.91. The molecule has 0 aromatic rings. The maximum atomic E-state index is 12.3. The molecule has 0 spiro atoms. The third-order valence-corrected chi connectivity index (χ3v) is 4.91. The summed E-state index contributed by atoms with van der Waals surface area (Å²) in [7, 11) is 0. The zero-order chi connectivity index (χ0) is 13.0.